The average Bonchev–Trinajstić information content (AvgIpc) is 2.38. The third-order valence-corrected chi connectivity index (χ3v) is 2.64. The molecule has 0 aliphatic carbocycles. The zero-order valence-corrected chi connectivity index (χ0v) is 9.61. The first kappa shape index (κ1) is 10.9. The van der Waals surface area contributed by atoms with E-state index in [0.717, 1.165) is 13.1 Å². The van der Waals surface area contributed by atoms with Crippen molar-refractivity contribution in [3.63, 3.8) is 0 Å². The molecule has 16 heavy (non-hydrogen) atoms. The molecule has 0 unspecified atom stereocenters. The Bertz CT molecular complexity index is 417. The van der Waals surface area contributed by atoms with E-state index in [-0.39, 0.29) is 0 Å². The van der Waals surface area contributed by atoms with Crippen LogP contribution in [0, 0.1) is 0 Å². The minimum atomic E-state index is 0.950. The Morgan fingerprint density at radius 3 is 2.06 bits per heavy atom. The van der Waals surface area contributed by atoms with E-state index in [1.807, 2.05) is 6.07 Å². The lowest BCUT2D eigenvalue weighted by atomic mass is 10.0. The van der Waals surface area contributed by atoms with Gasteiger partial charge in [0.25, 0.3) is 0 Å². The van der Waals surface area contributed by atoms with Crippen LogP contribution in [0.3, 0.4) is 0 Å². The SMILES string of the molecule is CCNCc1ccc(-c2ccccc2)cc1. The molecule has 0 aliphatic heterocycles. The molecule has 0 amide bonds. The maximum Gasteiger partial charge on any atom is 0.0205 e. The number of hydrogen-bond acceptors (Lipinski definition) is 1. The van der Waals surface area contributed by atoms with Crippen molar-refractivity contribution < 1.29 is 0 Å². The van der Waals surface area contributed by atoms with E-state index >= 15 is 0 Å². The van der Waals surface area contributed by atoms with Crippen LogP contribution in [0.5, 0.6) is 0 Å². The second kappa shape index (κ2) is 5.47. The maximum absolute atomic E-state index is 3.32. The molecule has 1 heteroatoms. The van der Waals surface area contributed by atoms with Crippen molar-refractivity contribution in [1.82, 2.24) is 5.32 Å². The highest BCUT2D eigenvalue weighted by Crippen LogP contribution is 2.18. The highest BCUT2D eigenvalue weighted by Gasteiger charge is 1.96. The molecule has 2 rings (SSSR count). The molecule has 0 bridgehead atoms. The molecule has 0 saturated carbocycles. The highest BCUT2D eigenvalue weighted by molar-refractivity contribution is 5.63. The van der Waals surface area contributed by atoms with E-state index in [0.29, 0.717) is 0 Å². The molecule has 82 valence electrons. The summed E-state index contributed by atoms with van der Waals surface area (Å²) in [6.07, 6.45) is 0. The van der Waals surface area contributed by atoms with E-state index in [1.54, 1.807) is 0 Å². The van der Waals surface area contributed by atoms with E-state index in [4.69, 9.17) is 0 Å². The van der Waals surface area contributed by atoms with Gasteiger partial charge in [0.05, 0.1) is 0 Å². The molecular weight excluding hydrogens is 194 g/mol. The fraction of sp³-hybridized carbons (Fsp3) is 0.200. The first-order valence-electron chi connectivity index (χ1n) is 5.75. The van der Waals surface area contributed by atoms with E-state index in [9.17, 15) is 0 Å². The molecule has 0 aliphatic rings. The van der Waals surface area contributed by atoms with Gasteiger partial charge in [-0.1, -0.05) is 61.5 Å². The molecule has 1 nitrogen and oxygen atoms in total. The topological polar surface area (TPSA) is 12.0 Å². The summed E-state index contributed by atoms with van der Waals surface area (Å²) in [7, 11) is 0. The van der Waals surface area contributed by atoms with Crippen molar-refractivity contribution in [3.8, 4) is 11.1 Å². The van der Waals surface area contributed by atoms with Gasteiger partial charge in [-0.2, -0.15) is 0 Å². The summed E-state index contributed by atoms with van der Waals surface area (Å²) in [6, 6.07) is 19.2. The Hall–Kier alpha value is -1.60. The molecule has 0 saturated heterocycles. The summed E-state index contributed by atoms with van der Waals surface area (Å²) >= 11 is 0. The highest BCUT2D eigenvalue weighted by atomic mass is 14.8. The van der Waals surface area contributed by atoms with Crippen molar-refractivity contribution >= 4 is 0 Å². The lowest BCUT2D eigenvalue weighted by Gasteiger charge is -2.04. The van der Waals surface area contributed by atoms with Crippen molar-refractivity contribution in [2.45, 2.75) is 13.5 Å². The van der Waals surface area contributed by atoms with Gasteiger partial charge in [-0.15, -0.1) is 0 Å². The Labute approximate surface area is 97.1 Å². The van der Waals surface area contributed by atoms with Crippen molar-refractivity contribution in [3.05, 3.63) is 60.2 Å². The zero-order chi connectivity index (χ0) is 11.2. The number of hydrogen-bond donors (Lipinski definition) is 1. The van der Waals surface area contributed by atoms with Gasteiger partial charge in [-0.3, -0.25) is 0 Å². The monoisotopic (exact) mass is 211 g/mol. The van der Waals surface area contributed by atoms with Crippen LogP contribution >= 0.6 is 0 Å². The molecule has 2 aromatic carbocycles. The maximum atomic E-state index is 3.32. The summed E-state index contributed by atoms with van der Waals surface area (Å²) in [4.78, 5) is 0. The summed E-state index contributed by atoms with van der Waals surface area (Å²) < 4.78 is 0. The Morgan fingerprint density at radius 2 is 1.44 bits per heavy atom. The Balaban J connectivity index is 2.13. The molecule has 0 radical (unpaired) electrons. The zero-order valence-electron chi connectivity index (χ0n) is 9.61. The van der Waals surface area contributed by atoms with Gasteiger partial charge < -0.3 is 5.32 Å². The smallest absolute Gasteiger partial charge is 0.0205 e. The Kier molecular flexibility index (Phi) is 3.73. The van der Waals surface area contributed by atoms with Crippen molar-refractivity contribution in [1.29, 1.82) is 0 Å². The van der Waals surface area contributed by atoms with Gasteiger partial charge >= 0.3 is 0 Å². The minimum absolute atomic E-state index is 0.950. The summed E-state index contributed by atoms with van der Waals surface area (Å²) in [6.45, 7) is 4.09. The second-order valence-electron chi connectivity index (χ2n) is 3.84. The van der Waals surface area contributed by atoms with Gasteiger partial charge in [0.1, 0.15) is 0 Å². The standard InChI is InChI=1S/C15H17N/c1-2-16-12-13-8-10-15(11-9-13)14-6-4-3-5-7-14/h3-11,16H,2,12H2,1H3. The van der Waals surface area contributed by atoms with Crippen molar-refractivity contribution in [2.24, 2.45) is 0 Å². The molecule has 0 heterocycles. The summed E-state index contributed by atoms with van der Waals surface area (Å²) in [5.74, 6) is 0. The minimum Gasteiger partial charge on any atom is -0.313 e. The van der Waals surface area contributed by atoms with Crippen LogP contribution in [0.1, 0.15) is 12.5 Å². The van der Waals surface area contributed by atoms with Gasteiger partial charge in [0.2, 0.25) is 0 Å². The van der Waals surface area contributed by atoms with Crippen LogP contribution < -0.4 is 5.32 Å². The predicted molar refractivity (Wildman–Crippen MR) is 69.3 cm³/mol. The first-order valence-corrected chi connectivity index (χ1v) is 5.75. The third-order valence-electron chi connectivity index (χ3n) is 2.64. The largest absolute Gasteiger partial charge is 0.313 e. The lowest BCUT2D eigenvalue weighted by molar-refractivity contribution is 0.727. The molecule has 0 fully saturated rings. The third kappa shape index (κ3) is 2.71. The summed E-state index contributed by atoms with van der Waals surface area (Å²) in [5, 5.41) is 3.32. The molecular formula is C15H17N. The normalized spacial score (nSPS) is 10.3. The second-order valence-corrected chi connectivity index (χ2v) is 3.84. The average molecular weight is 211 g/mol. The molecule has 2 aromatic rings. The van der Waals surface area contributed by atoms with Gasteiger partial charge in [-0.25, -0.2) is 0 Å². The van der Waals surface area contributed by atoms with E-state index in [2.05, 4.69) is 60.8 Å². The van der Waals surface area contributed by atoms with Gasteiger partial charge in [-0.05, 0) is 23.2 Å². The quantitative estimate of drug-likeness (QED) is 0.816. The van der Waals surface area contributed by atoms with Crippen LogP contribution in [-0.2, 0) is 6.54 Å². The van der Waals surface area contributed by atoms with E-state index < -0.39 is 0 Å². The molecule has 1 N–H and O–H groups in total. The molecule has 0 spiro atoms. The van der Waals surface area contributed by atoms with Crippen LogP contribution in [-0.4, -0.2) is 6.54 Å². The molecule has 0 aromatic heterocycles. The van der Waals surface area contributed by atoms with Crippen LogP contribution in [0.25, 0.3) is 11.1 Å². The first-order chi connectivity index (χ1) is 7.90. The number of nitrogens with one attached hydrogen (secondary N) is 1. The number of benzene rings is 2. The fourth-order valence-corrected chi connectivity index (χ4v) is 1.71. The Morgan fingerprint density at radius 1 is 0.812 bits per heavy atom. The van der Waals surface area contributed by atoms with Crippen LogP contribution in [0.15, 0.2) is 54.6 Å². The summed E-state index contributed by atoms with van der Waals surface area (Å²) in [5.41, 5.74) is 3.89. The van der Waals surface area contributed by atoms with Crippen LogP contribution in [0.4, 0.5) is 0 Å². The molecule has 0 atom stereocenters. The van der Waals surface area contributed by atoms with Gasteiger partial charge in [0.15, 0.2) is 0 Å². The lowest BCUT2D eigenvalue weighted by Crippen LogP contribution is -2.11. The van der Waals surface area contributed by atoms with Crippen molar-refractivity contribution in [2.75, 3.05) is 6.54 Å². The number of rotatable bonds is 4. The fourth-order valence-electron chi connectivity index (χ4n) is 1.71. The van der Waals surface area contributed by atoms with Gasteiger partial charge in [0, 0.05) is 6.54 Å². The van der Waals surface area contributed by atoms with E-state index in [1.165, 1.54) is 16.7 Å². The van der Waals surface area contributed by atoms with Crippen LogP contribution in [0.2, 0.25) is 0 Å². The predicted octanol–water partition coefficient (Wildman–Crippen LogP) is 3.46.